The SMILES string of the molecule is CCN1CCN(C(=O)c2cc(-c3ccc(C)c(C)c3)nn2-c2ccc(Cl)c(Cl)c2)CC1. The topological polar surface area (TPSA) is 41.4 Å². The van der Waals surface area contributed by atoms with E-state index in [0.717, 1.165) is 30.9 Å². The molecule has 0 unspecified atom stereocenters. The maximum atomic E-state index is 13.5. The molecular formula is C24H26Cl2N4O. The molecule has 1 saturated heterocycles. The molecule has 1 fully saturated rings. The number of aryl methyl sites for hydroxylation is 2. The van der Waals surface area contributed by atoms with Crippen LogP contribution < -0.4 is 0 Å². The molecule has 1 amide bonds. The molecule has 0 aliphatic carbocycles. The molecule has 1 aliphatic rings. The van der Waals surface area contributed by atoms with E-state index in [2.05, 4.69) is 37.8 Å². The Morgan fingerprint density at radius 1 is 0.935 bits per heavy atom. The molecule has 1 aliphatic heterocycles. The molecule has 5 nitrogen and oxygen atoms in total. The predicted octanol–water partition coefficient (Wildman–Crippen LogP) is 5.24. The van der Waals surface area contributed by atoms with Gasteiger partial charge in [0.25, 0.3) is 5.91 Å². The second-order valence-corrected chi connectivity index (χ2v) is 8.76. The molecule has 2 heterocycles. The number of aromatic nitrogens is 2. The minimum atomic E-state index is -0.0237. The molecule has 2 aromatic carbocycles. The fourth-order valence-electron chi connectivity index (χ4n) is 3.82. The van der Waals surface area contributed by atoms with Crippen LogP contribution in [0, 0.1) is 13.8 Å². The summed E-state index contributed by atoms with van der Waals surface area (Å²) in [6.45, 7) is 10.5. The quantitative estimate of drug-likeness (QED) is 0.538. The van der Waals surface area contributed by atoms with Crippen LogP contribution in [-0.2, 0) is 0 Å². The number of hydrogen-bond donors (Lipinski definition) is 0. The summed E-state index contributed by atoms with van der Waals surface area (Å²) < 4.78 is 1.68. The Labute approximate surface area is 193 Å². The van der Waals surface area contributed by atoms with Crippen molar-refractivity contribution in [1.82, 2.24) is 19.6 Å². The lowest BCUT2D eigenvalue weighted by Gasteiger charge is -2.34. The second-order valence-electron chi connectivity index (χ2n) is 7.95. The standard InChI is InChI=1S/C24H26Cl2N4O/c1-4-28-9-11-29(12-10-28)24(31)23-15-22(18-6-5-16(2)17(3)13-18)27-30(23)19-7-8-20(25)21(26)14-19/h5-8,13-15H,4,9-12H2,1-3H3. The molecule has 0 radical (unpaired) electrons. The first kappa shape index (κ1) is 21.9. The Morgan fingerprint density at radius 3 is 2.32 bits per heavy atom. The van der Waals surface area contributed by atoms with E-state index in [1.165, 1.54) is 11.1 Å². The second kappa shape index (κ2) is 9.03. The summed E-state index contributed by atoms with van der Waals surface area (Å²) in [5.41, 5.74) is 5.37. The van der Waals surface area contributed by atoms with E-state index in [0.29, 0.717) is 34.5 Å². The molecule has 0 bridgehead atoms. The van der Waals surface area contributed by atoms with Gasteiger partial charge in [-0.1, -0.05) is 42.3 Å². The molecule has 0 atom stereocenters. The number of rotatable bonds is 4. The summed E-state index contributed by atoms with van der Waals surface area (Å²) in [4.78, 5) is 17.7. The van der Waals surface area contributed by atoms with Gasteiger partial charge >= 0.3 is 0 Å². The third-order valence-corrected chi connectivity index (χ3v) is 6.72. The molecule has 3 aromatic rings. The van der Waals surface area contributed by atoms with Crippen molar-refractivity contribution < 1.29 is 4.79 Å². The van der Waals surface area contributed by atoms with Gasteiger partial charge in [-0.25, -0.2) is 4.68 Å². The van der Waals surface area contributed by atoms with Gasteiger partial charge in [0.1, 0.15) is 5.69 Å². The van der Waals surface area contributed by atoms with Gasteiger partial charge < -0.3 is 9.80 Å². The van der Waals surface area contributed by atoms with Crippen molar-refractivity contribution in [2.75, 3.05) is 32.7 Å². The highest BCUT2D eigenvalue weighted by molar-refractivity contribution is 6.42. The summed E-state index contributed by atoms with van der Waals surface area (Å²) in [5.74, 6) is -0.0237. The molecule has 4 rings (SSSR count). The van der Waals surface area contributed by atoms with Gasteiger partial charge in [-0.05, 0) is 61.9 Å². The summed E-state index contributed by atoms with van der Waals surface area (Å²) in [6.07, 6.45) is 0. The Kier molecular flexibility index (Phi) is 6.37. The average Bonchev–Trinajstić information content (AvgIpc) is 3.22. The molecule has 31 heavy (non-hydrogen) atoms. The smallest absolute Gasteiger partial charge is 0.272 e. The van der Waals surface area contributed by atoms with Crippen LogP contribution in [0.3, 0.4) is 0 Å². The van der Waals surface area contributed by atoms with Crippen LogP contribution in [0.15, 0.2) is 42.5 Å². The van der Waals surface area contributed by atoms with E-state index in [1.807, 2.05) is 23.1 Å². The molecule has 7 heteroatoms. The number of amides is 1. The van der Waals surface area contributed by atoms with Crippen LogP contribution in [0.1, 0.15) is 28.5 Å². The summed E-state index contributed by atoms with van der Waals surface area (Å²) in [5, 5.41) is 5.69. The first-order valence-corrected chi connectivity index (χ1v) is 11.3. The van der Waals surface area contributed by atoms with Crippen LogP contribution in [-0.4, -0.2) is 58.2 Å². The molecule has 162 valence electrons. The number of benzene rings is 2. The number of halogens is 2. The molecule has 0 spiro atoms. The van der Waals surface area contributed by atoms with E-state index in [-0.39, 0.29) is 5.91 Å². The van der Waals surface area contributed by atoms with Crippen LogP contribution in [0.2, 0.25) is 10.0 Å². The van der Waals surface area contributed by atoms with Gasteiger partial charge in [0.15, 0.2) is 0 Å². The van der Waals surface area contributed by atoms with E-state index in [4.69, 9.17) is 28.3 Å². The average molecular weight is 457 g/mol. The minimum absolute atomic E-state index is 0.0237. The summed E-state index contributed by atoms with van der Waals surface area (Å²) in [7, 11) is 0. The van der Waals surface area contributed by atoms with Crippen molar-refractivity contribution in [3.8, 4) is 16.9 Å². The van der Waals surface area contributed by atoms with E-state index >= 15 is 0 Å². The third-order valence-electron chi connectivity index (χ3n) is 5.99. The molecule has 0 N–H and O–H groups in total. The van der Waals surface area contributed by atoms with Crippen LogP contribution >= 0.6 is 23.2 Å². The lowest BCUT2D eigenvalue weighted by atomic mass is 10.0. The molecule has 0 saturated carbocycles. The first-order valence-electron chi connectivity index (χ1n) is 10.5. The van der Waals surface area contributed by atoms with Crippen molar-refractivity contribution in [2.45, 2.75) is 20.8 Å². The normalized spacial score (nSPS) is 14.8. The van der Waals surface area contributed by atoms with Gasteiger partial charge in [0.2, 0.25) is 0 Å². The zero-order chi connectivity index (χ0) is 22.1. The van der Waals surface area contributed by atoms with E-state index in [1.54, 1.807) is 16.8 Å². The number of hydrogen-bond acceptors (Lipinski definition) is 3. The van der Waals surface area contributed by atoms with Crippen molar-refractivity contribution in [1.29, 1.82) is 0 Å². The van der Waals surface area contributed by atoms with Gasteiger partial charge in [-0.15, -0.1) is 0 Å². The summed E-state index contributed by atoms with van der Waals surface area (Å²) >= 11 is 12.4. The Balaban J connectivity index is 1.76. The van der Waals surface area contributed by atoms with Crippen LogP contribution in [0.25, 0.3) is 16.9 Å². The van der Waals surface area contributed by atoms with Crippen molar-refractivity contribution in [3.63, 3.8) is 0 Å². The first-order chi connectivity index (χ1) is 14.9. The lowest BCUT2D eigenvalue weighted by Crippen LogP contribution is -2.48. The van der Waals surface area contributed by atoms with Gasteiger partial charge in [-0.3, -0.25) is 4.79 Å². The van der Waals surface area contributed by atoms with Crippen LogP contribution in [0.5, 0.6) is 0 Å². The zero-order valence-corrected chi connectivity index (χ0v) is 19.5. The highest BCUT2D eigenvalue weighted by atomic mass is 35.5. The number of piperazine rings is 1. The summed E-state index contributed by atoms with van der Waals surface area (Å²) in [6, 6.07) is 13.4. The minimum Gasteiger partial charge on any atom is -0.335 e. The van der Waals surface area contributed by atoms with Crippen LogP contribution in [0.4, 0.5) is 0 Å². The maximum absolute atomic E-state index is 13.5. The Hall–Kier alpha value is -2.34. The fraction of sp³-hybridized carbons (Fsp3) is 0.333. The number of carbonyl (C=O) groups excluding carboxylic acids is 1. The van der Waals surface area contributed by atoms with Gasteiger partial charge in [-0.2, -0.15) is 5.10 Å². The van der Waals surface area contributed by atoms with Crippen molar-refractivity contribution >= 4 is 29.1 Å². The molecule has 1 aromatic heterocycles. The maximum Gasteiger partial charge on any atom is 0.272 e. The van der Waals surface area contributed by atoms with E-state index in [9.17, 15) is 4.79 Å². The molecular weight excluding hydrogens is 431 g/mol. The zero-order valence-electron chi connectivity index (χ0n) is 18.0. The highest BCUT2D eigenvalue weighted by Gasteiger charge is 2.26. The number of nitrogens with zero attached hydrogens (tertiary/aromatic N) is 4. The van der Waals surface area contributed by atoms with Gasteiger partial charge in [0.05, 0.1) is 21.4 Å². The lowest BCUT2D eigenvalue weighted by molar-refractivity contribution is 0.0634. The number of likely N-dealkylation sites (N-methyl/N-ethyl adjacent to an activating group) is 1. The van der Waals surface area contributed by atoms with Gasteiger partial charge in [0, 0.05) is 31.7 Å². The Bertz CT molecular complexity index is 1120. The largest absolute Gasteiger partial charge is 0.335 e. The number of carbonyl (C=O) groups is 1. The highest BCUT2D eigenvalue weighted by Crippen LogP contribution is 2.28. The van der Waals surface area contributed by atoms with E-state index < -0.39 is 0 Å². The fourth-order valence-corrected chi connectivity index (χ4v) is 4.11. The third kappa shape index (κ3) is 4.49. The Morgan fingerprint density at radius 2 is 1.68 bits per heavy atom. The monoisotopic (exact) mass is 456 g/mol. The predicted molar refractivity (Wildman–Crippen MR) is 127 cm³/mol. The van der Waals surface area contributed by atoms with Crippen molar-refractivity contribution in [3.05, 3.63) is 69.3 Å². The van der Waals surface area contributed by atoms with Crippen molar-refractivity contribution in [2.24, 2.45) is 0 Å².